The average molecular weight is 205 g/mol. The van der Waals surface area contributed by atoms with Crippen molar-refractivity contribution in [2.75, 3.05) is 0 Å². The zero-order valence-electron chi connectivity index (χ0n) is 7.04. The molecule has 0 saturated carbocycles. The molecular formula is C10H5ClN2O. The quantitative estimate of drug-likeness (QED) is 0.714. The fraction of sp³-hybridized carbons (Fsp3) is 0. The smallest absolute Gasteiger partial charge is 0.189 e. The SMILES string of the molecule is N#Cc1cc2c(=O)cc[nH]c2cc1Cl. The molecule has 1 aromatic heterocycles. The second-order valence-electron chi connectivity index (χ2n) is 2.83. The van der Waals surface area contributed by atoms with E-state index in [0.717, 1.165) is 0 Å². The predicted molar refractivity (Wildman–Crippen MR) is 54.3 cm³/mol. The largest absolute Gasteiger partial charge is 0.361 e. The van der Waals surface area contributed by atoms with Gasteiger partial charge in [-0.3, -0.25) is 4.79 Å². The summed E-state index contributed by atoms with van der Waals surface area (Å²) in [4.78, 5) is 14.3. The Labute approximate surface area is 84.6 Å². The molecule has 0 atom stereocenters. The van der Waals surface area contributed by atoms with Gasteiger partial charge in [0, 0.05) is 17.6 Å². The van der Waals surface area contributed by atoms with E-state index in [2.05, 4.69) is 4.98 Å². The summed E-state index contributed by atoms with van der Waals surface area (Å²) in [5.74, 6) is 0. The van der Waals surface area contributed by atoms with Crippen molar-refractivity contribution in [2.24, 2.45) is 0 Å². The van der Waals surface area contributed by atoms with Crippen molar-refractivity contribution in [2.45, 2.75) is 0 Å². The van der Waals surface area contributed by atoms with E-state index in [-0.39, 0.29) is 5.43 Å². The fourth-order valence-electron chi connectivity index (χ4n) is 1.28. The van der Waals surface area contributed by atoms with Crippen LogP contribution in [0, 0.1) is 11.3 Å². The van der Waals surface area contributed by atoms with E-state index >= 15 is 0 Å². The first-order valence-corrected chi connectivity index (χ1v) is 4.31. The molecule has 0 radical (unpaired) electrons. The van der Waals surface area contributed by atoms with E-state index in [9.17, 15) is 4.79 Å². The number of pyridine rings is 1. The molecule has 2 rings (SSSR count). The van der Waals surface area contributed by atoms with Crippen LogP contribution >= 0.6 is 11.6 Å². The number of halogens is 1. The van der Waals surface area contributed by atoms with Gasteiger partial charge in [0.25, 0.3) is 0 Å². The summed E-state index contributed by atoms with van der Waals surface area (Å²) in [7, 11) is 0. The van der Waals surface area contributed by atoms with Crippen molar-refractivity contribution in [1.82, 2.24) is 4.98 Å². The highest BCUT2D eigenvalue weighted by atomic mass is 35.5. The molecular weight excluding hydrogens is 200 g/mol. The van der Waals surface area contributed by atoms with Gasteiger partial charge in [-0.05, 0) is 12.1 Å². The lowest BCUT2D eigenvalue weighted by Gasteiger charge is -1.99. The Bertz CT molecular complexity index is 595. The summed E-state index contributed by atoms with van der Waals surface area (Å²) in [6.45, 7) is 0. The molecule has 0 aliphatic carbocycles. The van der Waals surface area contributed by atoms with E-state index < -0.39 is 0 Å². The number of benzene rings is 1. The Morgan fingerprint density at radius 2 is 2.21 bits per heavy atom. The van der Waals surface area contributed by atoms with E-state index in [1.807, 2.05) is 6.07 Å². The van der Waals surface area contributed by atoms with Gasteiger partial charge >= 0.3 is 0 Å². The van der Waals surface area contributed by atoms with Gasteiger partial charge in [-0.15, -0.1) is 0 Å². The van der Waals surface area contributed by atoms with Gasteiger partial charge in [-0.2, -0.15) is 5.26 Å². The molecule has 0 spiro atoms. The highest BCUT2D eigenvalue weighted by molar-refractivity contribution is 6.32. The zero-order valence-corrected chi connectivity index (χ0v) is 7.80. The van der Waals surface area contributed by atoms with Crippen LogP contribution in [0.2, 0.25) is 5.02 Å². The molecule has 0 aliphatic rings. The normalized spacial score (nSPS) is 10.0. The van der Waals surface area contributed by atoms with Crippen LogP contribution in [0.15, 0.2) is 29.2 Å². The zero-order chi connectivity index (χ0) is 10.1. The molecule has 0 bridgehead atoms. The maximum Gasteiger partial charge on any atom is 0.189 e. The van der Waals surface area contributed by atoms with E-state index in [0.29, 0.717) is 21.5 Å². The number of H-pyrrole nitrogens is 1. The number of nitrogens with one attached hydrogen (secondary N) is 1. The van der Waals surface area contributed by atoms with Crippen molar-refractivity contribution in [3.8, 4) is 6.07 Å². The fourth-order valence-corrected chi connectivity index (χ4v) is 1.49. The van der Waals surface area contributed by atoms with Crippen LogP contribution in [-0.4, -0.2) is 4.98 Å². The molecule has 1 heterocycles. The number of rotatable bonds is 0. The van der Waals surface area contributed by atoms with Gasteiger partial charge in [0.1, 0.15) is 6.07 Å². The van der Waals surface area contributed by atoms with E-state index in [1.54, 1.807) is 12.3 Å². The standard InChI is InChI=1S/C10H5ClN2O/c11-8-4-9-7(3-6(8)5-12)10(14)1-2-13-9/h1-4H,(H,13,14). The topological polar surface area (TPSA) is 56.6 Å². The number of hydrogen-bond donors (Lipinski definition) is 1. The number of hydrogen-bond acceptors (Lipinski definition) is 2. The van der Waals surface area contributed by atoms with Crippen molar-refractivity contribution < 1.29 is 0 Å². The molecule has 14 heavy (non-hydrogen) atoms. The molecule has 1 aromatic carbocycles. The van der Waals surface area contributed by atoms with Crippen LogP contribution in [-0.2, 0) is 0 Å². The van der Waals surface area contributed by atoms with Crippen molar-refractivity contribution >= 4 is 22.5 Å². The lowest BCUT2D eigenvalue weighted by Crippen LogP contribution is -2.00. The summed E-state index contributed by atoms with van der Waals surface area (Å²) in [5, 5.41) is 9.55. The minimum absolute atomic E-state index is 0.119. The maximum absolute atomic E-state index is 11.4. The third-order valence-corrected chi connectivity index (χ3v) is 2.28. The summed E-state index contributed by atoms with van der Waals surface area (Å²) in [6, 6.07) is 6.42. The average Bonchev–Trinajstić information content (AvgIpc) is 2.17. The molecule has 0 fully saturated rings. The van der Waals surface area contributed by atoms with Crippen molar-refractivity contribution in [1.29, 1.82) is 5.26 Å². The lowest BCUT2D eigenvalue weighted by atomic mass is 10.1. The van der Waals surface area contributed by atoms with Crippen LogP contribution in [0.3, 0.4) is 0 Å². The van der Waals surface area contributed by atoms with E-state index in [4.69, 9.17) is 16.9 Å². The second kappa shape index (κ2) is 3.17. The Balaban J connectivity index is 2.96. The number of nitriles is 1. The Hall–Kier alpha value is -1.79. The lowest BCUT2D eigenvalue weighted by molar-refractivity contribution is 1.38. The highest BCUT2D eigenvalue weighted by Crippen LogP contribution is 2.19. The molecule has 1 N–H and O–H groups in total. The summed E-state index contributed by atoms with van der Waals surface area (Å²) in [5.41, 5.74) is 0.837. The molecule has 0 amide bonds. The van der Waals surface area contributed by atoms with Crippen LogP contribution < -0.4 is 5.43 Å². The number of aromatic amines is 1. The van der Waals surface area contributed by atoms with Crippen LogP contribution in [0.4, 0.5) is 0 Å². The van der Waals surface area contributed by atoms with Crippen LogP contribution in [0.25, 0.3) is 10.9 Å². The molecule has 0 saturated heterocycles. The first kappa shape index (κ1) is 8.79. The minimum atomic E-state index is -0.119. The highest BCUT2D eigenvalue weighted by Gasteiger charge is 2.04. The van der Waals surface area contributed by atoms with Gasteiger partial charge in [-0.1, -0.05) is 11.6 Å². The third kappa shape index (κ3) is 1.26. The monoisotopic (exact) mass is 204 g/mol. The number of nitrogens with zero attached hydrogens (tertiary/aromatic N) is 1. The van der Waals surface area contributed by atoms with Crippen molar-refractivity contribution in [3.63, 3.8) is 0 Å². The van der Waals surface area contributed by atoms with Crippen LogP contribution in [0.1, 0.15) is 5.56 Å². The predicted octanol–water partition coefficient (Wildman–Crippen LogP) is 2.05. The van der Waals surface area contributed by atoms with Crippen LogP contribution in [0.5, 0.6) is 0 Å². The maximum atomic E-state index is 11.4. The molecule has 3 nitrogen and oxygen atoms in total. The summed E-state index contributed by atoms with van der Waals surface area (Å²) < 4.78 is 0. The molecule has 0 unspecified atom stereocenters. The Kier molecular flexibility index (Phi) is 1.99. The minimum Gasteiger partial charge on any atom is -0.361 e. The third-order valence-electron chi connectivity index (χ3n) is 1.97. The molecule has 68 valence electrons. The summed E-state index contributed by atoms with van der Waals surface area (Å²) in [6.07, 6.45) is 1.55. The van der Waals surface area contributed by atoms with E-state index in [1.165, 1.54) is 12.1 Å². The molecule has 4 heteroatoms. The molecule has 0 aliphatic heterocycles. The first-order chi connectivity index (χ1) is 6.72. The number of fused-ring (bicyclic) bond motifs is 1. The van der Waals surface area contributed by atoms with Gasteiger partial charge < -0.3 is 4.98 Å². The Morgan fingerprint density at radius 3 is 2.93 bits per heavy atom. The summed E-state index contributed by atoms with van der Waals surface area (Å²) >= 11 is 5.81. The molecule has 2 aromatic rings. The van der Waals surface area contributed by atoms with Crippen molar-refractivity contribution in [3.05, 3.63) is 45.2 Å². The Morgan fingerprint density at radius 1 is 1.43 bits per heavy atom. The van der Waals surface area contributed by atoms with Gasteiger partial charge in [-0.25, -0.2) is 0 Å². The van der Waals surface area contributed by atoms with Gasteiger partial charge in [0.05, 0.1) is 16.1 Å². The van der Waals surface area contributed by atoms with Gasteiger partial charge in [0.2, 0.25) is 0 Å². The van der Waals surface area contributed by atoms with Gasteiger partial charge in [0.15, 0.2) is 5.43 Å². The second-order valence-corrected chi connectivity index (χ2v) is 3.24. The first-order valence-electron chi connectivity index (χ1n) is 3.93. The number of aromatic nitrogens is 1.